The highest BCUT2D eigenvalue weighted by Gasteiger charge is 2.12. The van der Waals surface area contributed by atoms with Crippen molar-refractivity contribution in [2.45, 2.75) is 31.1 Å². The van der Waals surface area contributed by atoms with Gasteiger partial charge in [0, 0.05) is 42.1 Å². The molecule has 0 spiro atoms. The van der Waals surface area contributed by atoms with Crippen LogP contribution in [-0.4, -0.2) is 40.2 Å². The Balaban J connectivity index is 1.45. The molecule has 0 aliphatic heterocycles. The average molecular weight is 435 g/mol. The van der Waals surface area contributed by atoms with Crippen LogP contribution in [0.1, 0.15) is 23.4 Å². The van der Waals surface area contributed by atoms with Gasteiger partial charge in [-0.1, -0.05) is 12.1 Å². The largest absolute Gasteiger partial charge is 0.299 e. The van der Waals surface area contributed by atoms with Crippen LogP contribution in [0.5, 0.6) is 0 Å². The van der Waals surface area contributed by atoms with Gasteiger partial charge in [-0.2, -0.15) is 5.10 Å². The number of hydrogen-bond acceptors (Lipinski definition) is 6. The van der Waals surface area contributed by atoms with Crippen LogP contribution < -0.4 is 0 Å². The smallest absolute Gasteiger partial charge is 0.175 e. The predicted octanol–water partition coefficient (Wildman–Crippen LogP) is 3.27. The Kier molecular flexibility index (Phi) is 5.65. The van der Waals surface area contributed by atoms with Gasteiger partial charge in [-0.3, -0.25) is 14.8 Å². The van der Waals surface area contributed by atoms with Crippen molar-refractivity contribution in [2.24, 2.45) is 0 Å². The maximum absolute atomic E-state index is 12.5. The standard InChI is InChI=1S/C23H22N4O3S/c1-16-10-20(8-9-24-16)27-23-15-25-19(12-18(23)14-26-27)13-21(28)7-6-17-4-3-5-22(11-17)31(2,29)30/h3-5,8-12,14-15H,6-7,13H2,1-2H3. The summed E-state index contributed by atoms with van der Waals surface area (Å²) in [5, 5.41) is 5.36. The Morgan fingerprint density at radius 1 is 1.06 bits per heavy atom. The minimum absolute atomic E-state index is 0.0498. The SMILES string of the molecule is Cc1cc(-n2ncc3cc(CC(=O)CCc4cccc(S(C)(=O)=O)c4)ncc32)ccn1. The minimum atomic E-state index is -3.26. The fraction of sp³-hybridized carbons (Fsp3) is 0.217. The number of rotatable bonds is 7. The number of Topliss-reactive ketones (excluding diaryl/α,β-unsaturated/α-hetero) is 1. The summed E-state index contributed by atoms with van der Waals surface area (Å²) in [4.78, 5) is 21.4. The van der Waals surface area contributed by atoms with Crippen molar-refractivity contribution in [3.8, 4) is 5.69 Å². The molecule has 0 unspecified atom stereocenters. The molecule has 158 valence electrons. The molecule has 0 aliphatic carbocycles. The van der Waals surface area contributed by atoms with Crippen molar-refractivity contribution in [3.63, 3.8) is 0 Å². The van der Waals surface area contributed by atoms with Crippen molar-refractivity contribution < 1.29 is 13.2 Å². The second-order valence-corrected chi connectivity index (χ2v) is 9.60. The molecule has 0 atom stereocenters. The molecular formula is C23H22N4O3S. The third kappa shape index (κ3) is 4.86. The lowest BCUT2D eigenvalue weighted by atomic mass is 10.0. The Morgan fingerprint density at radius 2 is 1.90 bits per heavy atom. The molecular weight excluding hydrogens is 412 g/mol. The fourth-order valence-electron chi connectivity index (χ4n) is 3.44. The molecule has 0 radical (unpaired) electrons. The maximum atomic E-state index is 12.5. The molecule has 0 bridgehead atoms. The van der Waals surface area contributed by atoms with Crippen molar-refractivity contribution in [3.05, 3.63) is 78.0 Å². The molecule has 0 aliphatic rings. The normalized spacial score (nSPS) is 11.7. The van der Waals surface area contributed by atoms with E-state index in [1.807, 2.05) is 31.2 Å². The van der Waals surface area contributed by atoms with E-state index in [0.717, 1.165) is 27.8 Å². The quantitative estimate of drug-likeness (QED) is 0.443. The molecule has 4 rings (SSSR count). The Morgan fingerprint density at radius 3 is 2.68 bits per heavy atom. The molecule has 7 nitrogen and oxygen atoms in total. The molecule has 0 amide bonds. The highest BCUT2D eigenvalue weighted by molar-refractivity contribution is 7.90. The number of hydrogen-bond donors (Lipinski definition) is 0. The monoisotopic (exact) mass is 434 g/mol. The molecule has 3 heterocycles. The number of carbonyl (C=O) groups is 1. The number of sulfone groups is 1. The van der Waals surface area contributed by atoms with Gasteiger partial charge in [-0.25, -0.2) is 13.1 Å². The summed E-state index contributed by atoms with van der Waals surface area (Å²) in [6.07, 6.45) is 7.45. The molecule has 31 heavy (non-hydrogen) atoms. The van der Waals surface area contributed by atoms with Gasteiger partial charge in [0.25, 0.3) is 0 Å². The van der Waals surface area contributed by atoms with Crippen molar-refractivity contribution in [1.82, 2.24) is 19.7 Å². The van der Waals surface area contributed by atoms with E-state index in [9.17, 15) is 13.2 Å². The summed E-state index contributed by atoms with van der Waals surface area (Å²) >= 11 is 0. The van der Waals surface area contributed by atoms with E-state index >= 15 is 0 Å². The number of fused-ring (bicyclic) bond motifs is 1. The number of ketones is 1. The van der Waals surface area contributed by atoms with E-state index in [0.29, 0.717) is 18.5 Å². The van der Waals surface area contributed by atoms with Gasteiger partial charge >= 0.3 is 0 Å². The van der Waals surface area contributed by atoms with Crippen LogP contribution in [0.3, 0.4) is 0 Å². The zero-order valence-corrected chi connectivity index (χ0v) is 18.1. The van der Waals surface area contributed by atoms with Crippen LogP contribution in [0.25, 0.3) is 16.6 Å². The summed E-state index contributed by atoms with van der Waals surface area (Å²) in [5.74, 6) is 0.0498. The molecule has 3 aromatic heterocycles. The number of nitrogens with zero attached hydrogens (tertiary/aromatic N) is 4. The molecule has 0 saturated heterocycles. The van der Waals surface area contributed by atoms with E-state index in [-0.39, 0.29) is 17.1 Å². The van der Waals surface area contributed by atoms with Gasteiger partial charge < -0.3 is 0 Å². The molecule has 0 saturated carbocycles. The summed E-state index contributed by atoms with van der Waals surface area (Å²) in [6, 6.07) is 12.4. The zero-order valence-electron chi connectivity index (χ0n) is 17.3. The van der Waals surface area contributed by atoms with Gasteiger partial charge in [-0.15, -0.1) is 0 Å². The first-order valence-electron chi connectivity index (χ1n) is 9.86. The van der Waals surface area contributed by atoms with Crippen molar-refractivity contribution >= 4 is 26.5 Å². The number of aryl methyl sites for hydroxylation is 2. The molecule has 0 N–H and O–H groups in total. The predicted molar refractivity (Wildman–Crippen MR) is 118 cm³/mol. The highest BCUT2D eigenvalue weighted by Crippen LogP contribution is 2.19. The summed E-state index contributed by atoms with van der Waals surface area (Å²) in [5.41, 5.74) is 4.18. The first-order valence-corrected chi connectivity index (χ1v) is 11.7. The Hall–Kier alpha value is -3.39. The van der Waals surface area contributed by atoms with Crippen molar-refractivity contribution in [1.29, 1.82) is 0 Å². The maximum Gasteiger partial charge on any atom is 0.175 e. The highest BCUT2D eigenvalue weighted by atomic mass is 32.2. The minimum Gasteiger partial charge on any atom is -0.299 e. The van der Waals surface area contributed by atoms with Gasteiger partial charge in [-0.05, 0) is 49.2 Å². The van der Waals surface area contributed by atoms with E-state index in [1.54, 1.807) is 41.5 Å². The number of benzene rings is 1. The van der Waals surface area contributed by atoms with Crippen LogP contribution >= 0.6 is 0 Å². The van der Waals surface area contributed by atoms with Crippen LogP contribution in [0.4, 0.5) is 0 Å². The van der Waals surface area contributed by atoms with Crippen LogP contribution in [-0.2, 0) is 27.5 Å². The Labute approximate surface area is 180 Å². The third-order valence-corrected chi connectivity index (χ3v) is 6.14. The topological polar surface area (TPSA) is 94.8 Å². The molecule has 4 aromatic rings. The van der Waals surface area contributed by atoms with E-state index in [4.69, 9.17) is 0 Å². The van der Waals surface area contributed by atoms with E-state index in [2.05, 4.69) is 15.1 Å². The third-order valence-electron chi connectivity index (χ3n) is 5.03. The molecule has 1 aromatic carbocycles. The van der Waals surface area contributed by atoms with Gasteiger partial charge in [0.05, 0.1) is 28.5 Å². The van der Waals surface area contributed by atoms with Crippen LogP contribution in [0.2, 0.25) is 0 Å². The second kappa shape index (κ2) is 8.39. The zero-order chi connectivity index (χ0) is 22.0. The van der Waals surface area contributed by atoms with Crippen LogP contribution in [0.15, 0.2) is 66.0 Å². The summed E-state index contributed by atoms with van der Waals surface area (Å²) in [6.45, 7) is 1.93. The number of aromatic nitrogens is 4. The van der Waals surface area contributed by atoms with Gasteiger partial charge in [0.15, 0.2) is 9.84 Å². The average Bonchev–Trinajstić information content (AvgIpc) is 3.15. The summed E-state index contributed by atoms with van der Waals surface area (Å²) < 4.78 is 25.2. The van der Waals surface area contributed by atoms with Crippen molar-refractivity contribution in [2.75, 3.05) is 6.26 Å². The second-order valence-electron chi connectivity index (χ2n) is 7.58. The summed E-state index contributed by atoms with van der Waals surface area (Å²) in [7, 11) is -3.26. The lowest BCUT2D eigenvalue weighted by molar-refractivity contribution is -0.118. The molecule has 0 fully saturated rings. The van der Waals surface area contributed by atoms with E-state index in [1.165, 1.54) is 6.26 Å². The lowest BCUT2D eigenvalue weighted by Gasteiger charge is -2.06. The van der Waals surface area contributed by atoms with Gasteiger partial charge in [0.2, 0.25) is 0 Å². The first kappa shape index (κ1) is 20.9. The number of carbonyl (C=O) groups excluding carboxylic acids is 1. The first-order chi connectivity index (χ1) is 14.8. The Bertz CT molecular complexity index is 1380. The van der Waals surface area contributed by atoms with Gasteiger partial charge in [0.1, 0.15) is 5.78 Å². The number of pyridine rings is 2. The molecule has 8 heteroatoms. The van der Waals surface area contributed by atoms with Crippen LogP contribution in [0, 0.1) is 6.92 Å². The van der Waals surface area contributed by atoms with E-state index < -0.39 is 9.84 Å². The fourth-order valence-corrected chi connectivity index (χ4v) is 4.13. The lowest BCUT2D eigenvalue weighted by Crippen LogP contribution is -2.06.